The molecule has 0 aliphatic heterocycles. The van der Waals surface area contributed by atoms with Gasteiger partial charge < -0.3 is 26.6 Å². The number of carboxylic acid groups (broad SMARTS) is 2. The first kappa shape index (κ1) is 23.4. The Bertz CT molecular complexity index is 673. The minimum Gasteiger partial charge on any atom is -0.480 e. The van der Waals surface area contributed by atoms with Crippen LogP contribution in [0.15, 0.2) is 24.4 Å². The zero-order chi connectivity index (χ0) is 20.9. The lowest BCUT2D eigenvalue weighted by atomic mass is 10.1. The zero-order valence-electron chi connectivity index (χ0n) is 15.2. The molecule has 0 bridgehead atoms. The van der Waals surface area contributed by atoms with Gasteiger partial charge in [-0.1, -0.05) is 6.07 Å². The SMILES string of the molecule is NC(CCC(=O)NC(CSCCc1ccccn1)C(=O)NCC(=O)O)C(=O)O. The largest absolute Gasteiger partial charge is 0.480 e. The van der Waals surface area contributed by atoms with E-state index in [1.807, 2.05) is 18.2 Å². The van der Waals surface area contributed by atoms with Crippen molar-refractivity contribution >= 4 is 35.5 Å². The summed E-state index contributed by atoms with van der Waals surface area (Å²) in [6.45, 7) is -0.562. The van der Waals surface area contributed by atoms with Crippen molar-refractivity contribution < 1.29 is 29.4 Å². The number of thioether (sulfide) groups is 1. The van der Waals surface area contributed by atoms with Gasteiger partial charge >= 0.3 is 11.9 Å². The molecule has 0 aliphatic carbocycles. The molecule has 0 aliphatic rings. The first-order valence-electron chi connectivity index (χ1n) is 8.54. The fourth-order valence-corrected chi connectivity index (χ4v) is 3.06. The highest BCUT2D eigenvalue weighted by molar-refractivity contribution is 7.99. The zero-order valence-corrected chi connectivity index (χ0v) is 16.0. The Kier molecular flexibility index (Phi) is 10.6. The summed E-state index contributed by atoms with van der Waals surface area (Å²) >= 11 is 1.41. The molecule has 2 unspecified atom stereocenters. The van der Waals surface area contributed by atoms with Crippen molar-refractivity contribution in [1.82, 2.24) is 15.6 Å². The van der Waals surface area contributed by atoms with E-state index in [2.05, 4.69) is 15.6 Å². The van der Waals surface area contributed by atoms with Gasteiger partial charge in [0.25, 0.3) is 0 Å². The second-order valence-electron chi connectivity index (χ2n) is 5.86. The lowest BCUT2D eigenvalue weighted by molar-refractivity contribution is -0.139. The summed E-state index contributed by atoms with van der Waals surface area (Å²) < 4.78 is 0. The van der Waals surface area contributed by atoms with Crippen molar-refractivity contribution in [1.29, 1.82) is 0 Å². The van der Waals surface area contributed by atoms with E-state index in [4.69, 9.17) is 15.9 Å². The predicted molar refractivity (Wildman–Crippen MR) is 103 cm³/mol. The Morgan fingerprint density at radius 1 is 1.21 bits per heavy atom. The van der Waals surface area contributed by atoms with E-state index in [1.165, 1.54) is 11.8 Å². The molecule has 11 heteroatoms. The fourth-order valence-electron chi connectivity index (χ4n) is 2.07. The highest BCUT2D eigenvalue weighted by Crippen LogP contribution is 2.08. The fraction of sp³-hybridized carbons (Fsp3) is 0.471. The van der Waals surface area contributed by atoms with E-state index in [1.54, 1.807) is 6.20 Å². The average Bonchev–Trinajstić information content (AvgIpc) is 2.67. The topological polar surface area (TPSA) is 172 Å². The lowest BCUT2D eigenvalue weighted by Crippen LogP contribution is -2.49. The summed E-state index contributed by atoms with van der Waals surface area (Å²) in [6, 6.07) is 3.45. The molecular formula is C17H24N4O6S. The number of hydrogen-bond acceptors (Lipinski definition) is 7. The number of rotatable bonds is 13. The van der Waals surface area contributed by atoms with Crippen LogP contribution in [0.3, 0.4) is 0 Å². The maximum absolute atomic E-state index is 12.2. The number of nitrogens with two attached hydrogens (primary N) is 1. The van der Waals surface area contributed by atoms with Gasteiger partial charge in [-0.25, -0.2) is 0 Å². The normalized spacial score (nSPS) is 12.6. The van der Waals surface area contributed by atoms with Gasteiger partial charge in [-0.15, -0.1) is 0 Å². The van der Waals surface area contributed by atoms with E-state index in [0.29, 0.717) is 12.2 Å². The van der Waals surface area contributed by atoms with Crippen LogP contribution in [0, 0.1) is 0 Å². The van der Waals surface area contributed by atoms with E-state index in [0.717, 1.165) is 5.69 Å². The van der Waals surface area contributed by atoms with Crippen LogP contribution in [-0.2, 0) is 25.6 Å². The highest BCUT2D eigenvalue weighted by Gasteiger charge is 2.22. The van der Waals surface area contributed by atoms with Crippen molar-refractivity contribution in [2.45, 2.75) is 31.3 Å². The minimum absolute atomic E-state index is 0.0720. The maximum Gasteiger partial charge on any atom is 0.322 e. The van der Waals surface area contributed by atoms with Crippen LogP contribution < -0.4 is 16.4 Å². The van der Waals surface area contributed by atoms with E-state index < -0.39 is 42.4 Å². The molecular weight excluding hydrogens is 388 g/mol. The van der Waals surface area contributed by atoms with Crippen LogP contribution in [0.2, 0.25) is 0 Å². The lowest BCUT2D eigenvalue weighted by Gasteiger charge is -2.18. The van der Waals surface area contributed by atoms with Gasteiger partial charge in [0.15, 0.2) is 0 Å². The average molecular weight is 412 g/mol. The first-order chi connectivity index (χ1) is 13.3. The Labute approximate surface area is 166 Å². The van der Waals surface area contributed by atoms with Crippen molar-refractivity contribution in [3.05, 3.63) is 30.1 Å². The van der Waals surface area contributed by atoms with Gasteiger partial charge in [0.1, 0.15) is 18.6 Å². The quantitative estimate of drug-likeness (QED) is 0.261. The molecule has 2 amide bonds. The number of nitrogens with one attached hydrogen (secondary N) is 2. The molecule has 1 aromatic rings. The van der Waals surface area contributed by atoms with Crippen molar-refractivity contribution in [2.75, 3.05) is 18.1 Å². The third kappa shape index (κ3) is 9.88. The van der Waals surface area contributed by atoms with Gasteiger partial charge in [0, 0.05) is 24.1 Å². The van der Waals surface area contributed by atoms with Crippen molar-refractivity contribution in [3.63, 3.8) is 0 Å². The number of amides is 2. The molecule has 0 spiro atoms. The molecule has 0 saturated heterocycles. The minimum atomic E-state index is -1.21. The number of pyridine rings is 1. The van der Waals surface area contributed by atoms with Crippen LogP contribution in [0.4, 0.5) is 0 Å². The Morgan fingerprint density at radius 2 is 1.96 bits per heavy atom. The molecule has 6 N–H and O–H groups in total. The first-order valence-corrected chi connectivity index (χ1v) is 9.70. The molecule has 2 atom stereocenters. The van der Waals surface area contributed by atoms with Gasteiger partial charge in [-0.05, 0) is 30.7 Å². The number of carboxylic acids is 2. The smallest absolute Gasteiger partial charge is 0.322 e. The number of aromatic nitrogens is 1. The number of aryl methyl sites for hydroxylation is 1. The van der Waals surface area contributed by atoms with Gasteiger partial charge in [0.2, 0.25) is 11.8 Å². The molecule has 0 fully saturated rings. The number of carbonyl (C=O) groups is 4. The summed E-state index contributed by atoms with van der Waals surface area (Å²) in [6.07, 6.45) is 2.13. The molecule has 1 aromatic heterocycles. The third-order valence-electron chi connectivity index (χ3n) is 3.58. The standard InChI is InChI=1S/C17H24N4O6S/c18-12(17(26)27)4-5-14(22)21-13(16(25)20-9-15(23)24)10-28-8-6-11-3-1-2-7-19-11/h1-3,7,12-13H,4-6,8-10,18H2,(H,20,25)(H,21,22)(H,23,24)(H,26,27). The molecule has 0 aromatic carbocycles. The van der Waals surface area contributed by atoms with E-state index >= 15 is 0 Å². The summed E-state index contributed by atoms with van der Waals surface area (Å²) in [4.78, 5) is 49.7. The number of nitrogens with zero attached hydrogens (tertiary/aromatic N) is 1. The monoisotopic (exact) mass is 412 g/mol. The molecule has 1 heterocycles. The Balaban J connectivity index is 2.52. The van der Waals surface area contributed by atoms with Crippen LogP contribution in [0.25, 0.3) is 0 Å². The van der Waals surface area contributed by atoms with Crippen molar-refractivity contribution in [3.8, 4) is 0 Å². The Morgan fingerprint density at radius 3 is 2.57 bits per heavy atom. The summed E-state index contributed by atoms with van der Waals surface area (Å²) in [5, 5.41) is 22.2. The molecule has 0 radical (unpaired) electrons. The summed E-state index contributed by atoms with van der Waals surface area (Å²) in [5.41, 5.74) is 6.25. The van der Waals surface area contributed by atoms with Crippen LogP contribution >= 0.6 is 11.8 Å². The van der Waals surface area contributed by atoms with Gasteiger partial charge in [-0.3, -0.25) is 24.2 Å². The Hall–Kier alpha value is -2.66. The predicted octanol–water partition coefficient (Wildman–Crippen LogP) is -0.765. The summed E-state index contributed by atoms with van der Waals surface area (Å²) in [7, 11) is 0. The molecule has 28 heavy (non-hydrogen) atoms. The second-order valence-corrected chi connectivity index (χ2v) is 7.01. The van der Waals surface area contributed by atoms with E-state index in [9.17, 15) is 19.2 Å². The van der Waals surface area contributed by atoms with Gasteiger partial charge in [-0.2, -0.15) is 11.8 Å². The highest BCUT2D eigenvalue weighted by atomic mass is 32.2. The second kappa shape index (κ2) is 12.7. The van der Waals surface area contributed by atoms with Crippen LogP contribution in [-0.4, -0.2) is 69.1 Å². The van der Waals surface area contributed by atoms with Gasteiger partial charge in [0.05, 0.1) is 0 Å². The molecule has 1 rings (SSSR count). The third-order valence-corrected chi connectivity index (χ3v) is 4.64. The molecule has 0 saturated carbocycles. The summed E-state index contributed by atoms with van der Waals surface area (Å²) in [5.74, 6) is -2.68. The van der Waals surface area contributed by atoms with Crippen LogP contribution in [0.1, 0.15) is 18.5 Å². The molecule has 10 nitrogen and oxygen atoms in total. The van der Waals surface area contributed by atoms with Crippen molar-refractivity contribution in [2.24, 2.45) is 5.73 Å². The molecule has 154 valence electrons. The van der Waals surface area contributed by atoms with E-state index in [-0.39, 0.29) is 18.6 Å². The van der Waals surface area contributed by atoms with Crippen LogP contribution in [0.5, 0.6) is 0 Å². The number of aliphatic carboxylic acids is 2. The number of hydrogen-bond donors (Lipinski definition) is 5. The maximum atomic E-state index is 12.2. The number of carbonyl (C=O) groups excluding carboxylic acids is 2.